The Kier molecular flexibility index (Phi) is 10.4. The van der Waals surface area contributed by atoms with Crippen molar-refractivity contribution in [3.8, 4) is 0 Å². The molecule has 224 valence electrons. The number of hydrogen-bond donors (Lipinski definition) is 4. The number of rotatable bonds is 11. The van der Waals surface area contributed by atoms with Crippen molar-refractivity contribution in [3.63, 3.8) is 0 Å². The summed E-state index contributed by atoms with van der Waals surface area (Å²) in [6.07, 6.45) is 1.60. The molecular weight excluding hydrogens is 540 g/mol. The summed E-state index contributed by atoms with van der Waals surface area (Å²) in [5.74, 6) is -1.83. The number of nitrogen functional groups attached to an aromatic ring is 1. The topological polar surface area (TPSA) is 154 Å². The molecule has 1 heterocycles. The smallest absolute Gasteiger partial charge is 0.326 e. The molecule has 1 unspecified atom stereocenters. The number of carbonyl (C=O) groups is 2. The zero-order chi connectivity index (χ0) is 30.6. The van der Waals surface area contributed by atoms with E-state index in [0.717, 1.165) is 5.56 Å². The number of hydrogen-bond acceptors (Lipinski definition) is 5. The Morgan fingerprint density at radius 3 is 2.15 bits per heavy atom. The van der Waals surface area contributed by atoms with E-state index in [0.29, 0.717) is 41.5 Å². The quantitative estimate of drug-likeness (QED) is 0.222. The summed E-state index contributed by atoms with van der Waals surface area (Å²) in [5, 5.41) is 17.6. The third-order valence-electron chi connectivity index (χ3n) is 7.69. The molecule has 1 aliphatic rings. The highest BCUT2D eigenvalue weighted by molar-refractivity contribution is 7.89. The van der Waals surface area contributed by atoms with Gasteiger partial charge in [0.15, 0.2) is 0 Å². The highest BCUT2D eigenvalue weighted by atomic mass is 32.2. The Balaban J connectivity index is 2.15. The van der Waals surface area contributed by atoms with Crippen LogP contribution in [0, 0.1) is 5.41 Å². The summed E-state index contributed by atoms with van der Waals surface area (Å²) in [7, 11) is -4.23. The molecule has 1 fully saturated rings. The molecule has 0 aromatic heterocycles. The van der Waals surface area contributed by atoms with Crippen LogP contribution in [0.2, 0.25) is 0 Å². The van der Waals surface area contributed by atoms with Crippen LogP contribution < -0.4 is 10.5 Å². The lowest BCUT2D eigenvalue weighted by Crippen LogP contribution is -2.56. The molecule has 0 radical (unpaired) electrons. The molecule has 2 aromatic rings. The number of nitrogens with zero attached hydrogens (tertiary/aromatic N) is 1. The molecule has 0 saturated carbocycles. The predicted octanol–water partition coefficient (Wildman–Crippen LogP) is 4.70. The van der Waals surface area contributed by atoms with Crippen LogP contribution in [0.4, 0.5) is 0 Å². The first-order valence-corrected chi connectivity index (χ1v) is 15.8. The van der Waals surface area contributed by atoms with E-state index < -0.39 is 34.0 Å². The second-order valence-corrected chi connectivity index (χ2v) is 13.5. The minimum absolute atomic E-state index is 0.0277. The van der Waals surface area contributed by atoms with E-state index in [1.807, 2.05) is 39.8 Å². The van der Waals surface area contributed by atoms with Gasteiger partial charge in [-0.1, -0.05) is 71.9 Å². The van der Waals surface area contributed by atoms with Crippen molar-refractivity contribution < 1.29 is 23.1 Å². The Hall–Kier alpha value is -3.24. The monoisotopic (exact) mass is 584 g/mol. The Labute approximate surface area is 244 Å². The van der Waals surface area contributed by atoms with Crippen LogP contribution in [0.1, 0.15) is 106 Å². The molecule has 0 aliphatic carbocycles. The number of carboxylic acids is 1. The number of carbonyl (C=O) groups excluding carboxylic acids is 1. The molecule has 1 aliphatic heterocycles. The van der Waals surface area contributed by atoms with Crippen molar-refractivity contribution in [1.29, 1.82) is 5.41 Å². The summed E-state index contributed by atoms with van der Waals surface area (Å²) in [5.41, 5.74) is 9.13. The van der Waals surface area contributed by atoms with E-state index in [1.165, 1.54) is 4.90 Å². The van der Waals surface area contributed by atoms with Gasteiger partial charge in [0.2, 0.25) is 15.9 Å². The number of piperidine rings is 1. The van der Waals surface area contributed by atoms with Crippen molar-refractivity contribution in [2.24, 2.45) is 5.73 Å². The molecule has 5 N–H and O–H groups in total. The average Bonchev–Trinajstić information content (AvgIpc) is 2.91. The van der Waals surface area contributed by atoms with Crippen LogP contribution in [-0.2, 0) is 26.0 Å². The number of nitrogens with one attached hydrogen (secondary N) is 2. The Bertz CT molecular complexity index is 1370. The lowest BCUT2D eigenvalue weighted by molar-refractivity contribution is -0.152. The summed E-state index contributed by atoms with van der Waals surface area (Å²) in [6, 6.07) is 8.35. The first-order chi connectivity index (χ1) is 19.1. The van der Waals surface area contributed by atoms with Crippen molar-refractivity contribution in [2.75, 3.05) is 6.54 Å². The van der Waals surface area contributed by atoms with Gasteiger partial charge in [-0.05, 0) is 71.8 Å². The average molecular weight is 585 g/mol. The van der Waals surface area contributed by atoms with Gasteiger partial charge >= 0.3 is 5.97 Å². The lowest BCUT2D eigenvalue weighted by atomic mass is 9.89. The number of likely N-dealkylation sites (tertiary alicyclic amines) is 1. The van der Waals surface area contributed by atoms with E-state index in [-0.39, 0.29) is 41.5 Å². The van der Waals surface area contributed by atoms with E-state index in [1.54, 1.807) is 24.3 Å². The van der Waals surface area contributed by atoms with E-state index >= 15 is 0 Å². The number of aliphatic carboxylic acids is 1. The molecule has 1 amide bonds. The first kappa shape index (κ1) is 32.3. The van der Waals surface area contributed by atoms with Crippen LogP contribution >= 0.6 is 0 Å². The van der Waals surface area contributed by atoms with Crippen LogP contribution in [0.5, 0.6) is 0 Å². The second-order valence-electron chi connectivity index (χ2n) is 11.9. The zero-order valence-electron chi connectivity index (χ0n) is 24.9. The number of benzene rings is 2. The predicted molar refractivity (Wildman–Crippen MR) is 161 cm³/mol. The van der Waals surface area contributed by atoms with Gasteiger partial charge in [-0.2, -0.15) is 4.72 Å². The van der Waals surface area contributed by atoms with Gasteiger partial charge in [-0.3, -0.25) is 10.2 Å². The Morgan fingerprint density at radius 2 is 1.63 bits per heavy atom. The van der Waals surface area contributed by atoms with Gasteiger partial charge in [0.05, 0.1) is 4.90 Å². The molecule has 2 atom stereocenters. The highest BCUT2D eigenvalue weighted by Crippen LogP contribution is 2.35. The van der Waals surface area contributed by atoms with Crippen molar-refractivity contribution in [3.05, 3.63) is 64.2 Å². The maximum absolute atomic E-state index is 14.3. The van der Waals surface area contributed by atoms with Crippen LogP contribution in [-0.4, -0.2) is 54.8 Å². The number of amides is 1. The Morgan fingerprint density at radius 1 is 1.02 bits per heavy atom. The number of carboxylic acid groups (broad SMARTS) is 1. The van der Waals surface area contributed by atoms with Crippen LogP contribution in [0.25, 0.3) is 0 Å². The molecule has 3 rings (SSSR count). The van der Waals surface area contributed by atoms with Crippen LogP contribution in [0.15, 0.2) is 41.3 Å². The fourth-order valence-corrected chi connectivity index (χ4v) is 7.27. The fraction of sp³-hybridized carbons (Fsp3) is 0.516. The summed E-state index contributed by atoms with van der Waals surface area (Å²) in [4.78, 5) is 27.5. The standard InChI is InChI=1S/C31H44N4O5S/c1-18(2)23-16-24(19(3)4)28(25(17-23)20(5)6)41(39,40)34-26(15-21-10-9-11-22(14-21)29(32)33)30(36)35-13-8-7-12-27(35)31(37)38/h9-11,14,16-20,26-27,34H,7-8,12-13,15H2,1-6H3,(H3,32,33)(H,37,38)/t26-,27?/m0/s1. The SMILES string of the molecule is CC(C)c1cc(C(C)C)c(S(=O)(=O)N[C@@H](Cc2cccc(C(=N)N)c2)C(=O)N2CCCCC2C(=O)O)c(C(C)C)c1. The third-order valence-corrected chi connectivity index (χ3v) is 9.30. The van der Waals surface area contributed by atoms with Crippen molar-refractivity contribution in [1.82, 2.24) is 9.62 Å². The molecule has 0 spiro atoms. The maximum atomic E-state index is 14.3. The van der Waals surface area contributed by atoms with Crippen LogP contribution in [0.3, 0.4) is 0 Å². The van der Waals surface area contributed by atoms with E-state index in [2.05, 4.69) is 18.6 Å². The van der Waals surface area contributed by atoms with Gasteiger partial charge in [0.25, 0.3) is 0 Å². The normalized spacial score (nSPS) is 16.8. The molecule has 2 aromatic carbocycles. The van der Waals surface area contributed by atoms with E-state index in [4.69, 9.17) is 11.1 Å². The summed E-state index contributed by atoms with van der Waals surface area (Å²) < 4.78 is 31.3. The number of amidine groups is 1. The third kappa shape index (κ3) is 7.54. The van der Waals surface area contributed by atoms with Gasteiger partial charge in [0, 0.05) is 12.1 Å². The van der Waals surface area contributed by atoms with Gasteiger partial charge in [0.1, 0.15) is 17.9 Å². The highest BCUT2D eigenvalue weighted by Gasteiger charge is 2.38. The van der Waals surface area contributed by atoms with Gasteiger partial charge in [-0.15, -0.1) is 0 Å². The first-order valence-electron chi connectivity index (χ1n) is 14.3. The molecule has 0 bridgehead atoms. The second kappa shape index (κ2) is 13.2. The van der Waals surface area contributed by atoms with Crippen molar-refractivity contribution in [2.45, 2.75) is 102 Å². The number of nitrogens with two attached hydrogens (primary N) is 1. The fourth-order valence-electron chi connectivity index (χ4n) is 5.38. The van der Waals surface area contributed by atoms with E-state index in [9.17, 15) is 23.1 Å². The molecule has 1 saturated heterocycles. The minimum atomic E-state index is -4.23. The van der Waals surface area contributed by atoms with Gasteiger partial charge in [-0.25, -0.2) is 13.2 Å². The maximum Gasteiger partial charge on any atom is 0.326 e. The molecular formula is C31H44N4O5S. The molecule has 41 heavy (non-hydrogen) atoms. The minimum Gasteiger partial charge on any atom is -0.480 e. The van der Waals surface area contributed by atoms with Crippen molar-refractivity contribution >= 4 is 27.7 Å². The summed E-state index contributed by atoms with van der Waals surface area (Å²) >= 11 is 0. The molecule has 9 nitrogen and oxygen atoms in total. The van der Waals surface area contributed by atoms with Gasteiger partial charge < -0.3 is 15.7 Å². The summed E-state index contributed by atoms with van der Waals surface area (Å²) in [6.45, 7) is 12.2. The zero-order valence-corrected chi connectivity index (χ0v) is 25.7. The molecule has 10 heteroatoms. The largest absolute Gasteiger partial charge is 0.480 e. The number of sulfonamides is 1. The lowest BCUT2D eigenvalue weighted by Gasteiger charge is -2.36.